The number of ether oxygens (including phenoxy) is 3. The first-order valence-electron chi connectivity index (χ1n) is 5.38. The van der Waals surface area contributed by atoms with Crippen LogP contribution in [0.2, 0.25) is 0 Å². The number of halogens is 4. The first kappa shape index (κ1) is 16.0. The number of esters is 1. The second kappa shape index (κ2) is 6.40. The average Bonchev–Trinajstić information content (AvgIpc) is 2.36. The van der Waals surface area contributed by atoms with Gasteiger partial charge in [-0.25, -0.2) is 9.18 Å². The minimum absolute atomic E-state index is 0.0826. The molecule has 0 saturated carbocycles. The van der Waals surface area contributed by atoms with E-state index in [2.05, 4.69) is 14.5 Å². The molecule has 1 aromatic heterocycles. The average molecular weight is 297 g/mol. The van der Waals surface area contributed by atoms with E-state index in [0.717, 1.165) is 13.3 Å². The zero-order chi connectivity index (χ0) is 15.3. The minimum Gasteiger partial charge on any atom is -0.494 e. The van der Waals surface area contributed by atoms with Gasteiger partial charge in [-0.05, 0) is 6.92 Å². The van der Waals surface area contributed by atoms with Gasteiger partial charge in [0.25, 0.3) is 0 Å². The molecule has 0 fully saturated rings. The maximum Gasteiger partial charge on any atom is 0.573 e. The molecule has 0 aliphatic heterocycles. The van der Waals surface area contributed by atoms with E-state index in [9.17, 15) is 22.4 Å². The first-order chi connectivity index (χ1) is 9.34. The van der Waals surface area contributed by atoms with Gasteiger partial charge in [-0.1, -0.05) is 0 Å². The normalized spacial score (nSPS) is 11.1. The Kier molecular flexibility index (Phi) is 5.12. The molecule has 5 nitrogen and oxygen atoms in total. The van der Waals surface area contributed by atoms with Crippen LogP contribution in [-0.4, -0.2) is 31.0 Å². The third kappa shape index (κ3) is 3.72. The Morgan fingerprint density at radius 1 is 1.40 bits per heavy atom. The molecular formula is C11H11F4NO4. The van der Waals surface area contributed by atoms with Crippen molar-refractivity contribution in [1.29, 1.82) is 0 Å². The number of alkyl halides is 4. The lowest BCUT2D eigenvalue weighted by Crippen LogP contribution is -2.21. The van der Waals surface area contributed by atoms with Crippen LogP contribution in [0.3, 0.4) is 0 Å². The zero-order valence-electron chi connectivity index (χ0n) is 10.6. The van der Waals surface area contributed by atoms with Gasteiger partial charge in [0.1, 0.15) is 17.9 Å². The van der Waals surface area contributed by atoms with Crippen molar-refractivity contribution in [3.8, 4) is 11.5 Å². The number of hydrogen-bond donors (Lipinski definition) is 0. The Labute approximate surface area is 111 Å². The van der Waals surface area contributed by atoms with Gasteiger partial charge in [-0.15, -0.1) is 13.2 Å². The van der Waals surface area contributed by atoms with Crippen LogP contribution in [0.1, 0.15) is 23.0 Å². The fraction of sp³-hybridized carbons (Fsp3) is 0.455. The second-order valence-corrected chi connectivity index (χ2v) is 3.38. The number of methoxy groups -OCH3 is 1. The first-order valence-corrected chi connectivity index (χ1v) is 5.38. The standard InChI is InChI=1S/C11H11F4NO4/c1-3-19-10(17)8-7(18-2)5-16-6(4-12)9(8)20-11(13,14)15/h5H,3-4H2,1-2H3. The van der Waals surface area contributed by atoms with Crippen molar-refractivity contribution < 1.29 is 36.6 Å². The lowest BCUT2D eigenvalue weighted by Gasteiger charge is -2.16. The van der Waals surface area contributed by atoms with Crippen molar-refractivity contribution >= 4 is 5.97 Å². The van der Waals surface area contributed by atoms with Crippen LogP contribution in [0, 0.1) is 0 Å². The fourth-order valence-corrected chi connectivity index (χ4v) is 1.39. The zero-order valence-corrected chi connectivity index (χ0v) is 10.6. The van der Waals surface area contributed by atoms with E-state index in [-0.39, 0.29) is 12.4 Å². The summed E-state index contributed by atoms with van der Waals surface area (Å²) in [5.74, 6) is -2.49. The number of rotatable bonds is 5. The number of carbonyl (C=O) groups is 1. The molecule has 9 heteroatoms. The van der Waals surface area contributed by atoms with Crippen molar-refractivity contribution in [2.75, 3.05) is 13.7 Å². The molecule has 0 aliphatic rings. The predicted molar refractivity (Wildman–Crippen MR) is 58.2 cm³/mol. The highest BCUT2D eigenvalue weighted by atomic mass is 19.4. The highest BCUT2D eigenvalue weighted by Crippen LogP contribution is 2.35. The molecule has 20 heavy (non-hydrogen) atoms. The molecule has 0 amide bonds. The number of hydrogen-bond acceptors (Lipinski definition) is 5. The predicted octanol–water partition coefficient (Wildman–Crippen LogP) is 2.64. The summed E-state index contributed by atoms with van der Waals surface area (Å²) in [7, 11) is 1.12. The number of aromatic nitrogens is 1. The van der Waals surface area contributed by atoms with Crippen molar-refractivity contribution in [2.45, 2.75) is 20.0 Å². The summed E-state index contributed by atoms with van der Waals surface area (Å²) in [6.45, 7) is 0.0362. The maximum absolute atomic E-state index is 12.7. The molecule has 0 aromatic carbocycles. The van der Waals surface area contributed by atoms with Crippen molar-refractivity contribution in [3.63, 3.8) is 0 Å². The smallest absolute Gasteiger partial charge is 0.494 e. The minimum atomic E-state index is -5.11. The summed E-state index contributed by atoms with van der Waals surface area (Å²) in [6, 6.07) is 0. The SMILES string of the molecule is CCOC(=O)c1c(OC)cnc(CF)c1OC(F)(F)F. The van der Waals surface area contributed by atoms with Crippen LogP contribution in [0.15, 0.2) is 6.20 Å². The van der Waals surface area contributed by atoms with Crippen LogP contribution in [0.25, 0.3) is 0 Å². The van der Waals surface area contributed by atoms with Gasteiger partial charge in [0.15, 0.2) is 11.5 Å². The summed E-state index contributed by atoms with van der Waals surface area (Å²) < 4.78 is 62.8. The molecule has 0 radical (unpaired) electrons. The Morgan fingerprint density at radius 2 is 2.05 bits per heavy atom. The lowest BCUT2D eigenvalue weighted by atomic mass is 10.2. The third-order valence-corrected chi connectivity index (χ3v) is 2.12. The molecule has 0 bridgehead atoms. The van der Waals surface area contributed by atoms with Crippen molar-refractivity contribution in [3.05, 3.63) is 17.5 Å². The van der Waals surface area contributed by atoms with Gasteiger partial charge in [0, 0.05) is 0 Å². The van der Waals surface area contributed by atoms with Gasteiger partial charge in [0.2, 0.25) is 0 Å². The summed E-state index contributed by atoms with van der Waals surface area (Å²) in [4.78, 5) is 15.1. The molecule has 0 saturated heterocycles. The Hall–Kier alpha value is -2.06. The number of carbonyl (C=O) groups excluding carboxylic acids is 1. The summed E-state index contributed by atoms with van der Waals surface area (Å²) in [6.07, 6.45) is -4.19. The van der Waals surface area contributed by atoms with Gasteiger partial charge in [-0.3, -0.25) is 4.98 Å². The summed E-state index contributed by atoms with van der Waals surface area (Å²) in [5, 5.41) is 0. The third-order valence-electron chi connectivity index (χ3n) is 2.12. The summed E-state index contributed by atoms with van der Waals surface area (Å²) in [5.41, 5.74) is -1.33. The highest BCUT2D eigenvalue weighted by Gasteiger charge is 2.36. The topological polar surface area (TPSA) is 57.7 Å². The van der Waals surface area contributed by atoms with Crippen LogP contribution in [0.4, 0.5) is 17.6 Å². The van der Waals surface area contributed by atoms with Crippen LogP contribution < -0.4 is 9.47 Å². The largest absolute Gasteiger partial charge is 0.573 e. The van der Waals surface area contributed by atoms with Gasteiger partial charge < -0.3 is 14.2 Å². The number of nitrogens with zero attached hydrogens (tertiary/aromatic N) is 1. The number of pyridine rings is 1. The molecule has 1 heterocycles. The molecule has 0 N–H and O–H groups in total. The Morgan fingerprint density at radius 3 is 2.50 bits per heavy atom. The van der Waals surface area contributed by atoms with Crippen molar-refractivity contribution in [1.82, 2.24) is 4.98 Å². The molecule has 0 aliphatic carbocycles. The Balaban J connectivity index is 3.43. The summed E-state index contributed by atoms with van der Waals surface area (Å²) >= 11 is 0. The molecule has 1 aromatic rings. The van der Waals surface area contributed by atoms with Crippen LogP contribution >= 0.6 is 0 Å². The highest BCUT2D eigenvalue weighted by molar-refractivity contribution is 5.95. The lowest BCUT2D eigenvalue weighted by molar-refractivity contribution is -0.275. The Bertz CT molecular complexity index is 490. The van der Waals surface area contributed by atoms with Crippen molar-refractivity contribution in [2.24, 2.45) is 0 Å². The molecule has 1 rings (SSSR count). The quantitative estimate of drug-likeness (QED) is 0.617. The van der Waals surface area contributed by atoms with E-state index in [1.165, 1.54) is 6.92 Å². The van der Waals surface area contributed by atoms with Gasteiger partial charge >= 0.3 is 12.3 Å². The van der Waals surface area contributed by atoms with Crippen LogP contribution in [0.5, 0.6) is 11.5 Å². The van der Waals surface area contributed by atoms with E-state index in [4.69, 9.17) is 4.74 Å². The fourth-order valence-electron chi connectivity index (χ4n) is 1.39. The van der Waals surface area contributed by atoms with Gasteiger partial charge in [-0.2, -0.15) is 0 Å². The van der Waals surface area contributed by atoms with E-state index in [1.54, 1.807) is 0 Å². The molecule has 0 atom stereocenters. The molecular weight excluding hydrogens is 286 g/mol. The van der Waals surface area contributed by atoms with E-state index < -0.39 is 36.0 Å². The van der Waals surface area contributed by atoms with E-state index in [1.807, 2.05) is 0 Å². The van der Waals surface area contributed by atoms with E-state index >= 15 is 0 Å². The monoisotopic (exact) mass is 297 g/mol. The van der Waals surface area contributed by atoms with E-state index in [0.29, 0.717) is 0 Å². The maximum atomic E-state index is 12.7. The molecule has 0 unspecified atom stereocenters. The molecule has 112 valence electrons. The van der Waals surface area contributed by atoms with Gasteiger partial charge in [0.05, 0.1) is 19.9 Å². The second-order valence-electron chi connectivity index (χ2n) is 3.38. The molecule has 0 spiro atoms. The van der Waals surface area contributed by atoms with Crippen LogP contribution in [-0.2, 0) is 11.4 Å².